The predicted molar refractivity (Wildman–Crippen MR) is 143 cm³/mol. The monoisotopic (exact) mass is 507 g/mol. The third kappa shape index (κ3) is 5.74. The number of hydrogen-bond acceptors (Lipinski definition) is 6. The number of carbonyl (C=O) groups is 2. The van der Waals surface area contributed by atoms with Crippen molar-refractivity contribution in [2.45, 2.75) is 64.8 Å². The molecule has 1 aliphatic rings. The van der Waals surface area contributed by atoms with Crippen LogP contribution in [0.4, 0.5) is 0 Å². The Morgan fingerprint density at radius 1 is 1.16 bits per heavy atom. The molecule has 0 bridgehead atoms. The van der Waals surface area contributed by atoms with Gasteiger partial charge in [0.1, 0.15) is 11.5 Å². The first-order chi connectivity index (χ1) is 17.9. The van der Waals surface area contributed by atoms with Gasteiger partial charge in [-0.05, 0) is 78.6 Å². The maximum absolute atomic E-state index is 12.8. The van der Waals surface area contributed by atoms with E-state index < -0.39 is 5.97 Å². The van der Waals surface area contributed by atoms with Crippen molar-refractivity contribution in [1.82, 2.24) is 9.99 Å². The summed E-state index contributed by atoms with van der Waals surface area (Å²) in [5.74, 6) is 6.37. The first-order valence-corrected chi connectivity index (χ1v) is 13.0. The average molecular weight is 508 g/mol. The SMILES string of the molecule is CCCOC(=O)COc1ccc2c(c1)c1c(n2Cc2cc(OC)cc(C(C)C)c2)CCCC1C(=O)NN. The van der Waals surface area contributed by atoms with Crippen LogP contribution in [0.5, 0.6) is 11.5 Å². The fourth-order valence-electron chi connectivity index (χ4n) is 5.13. The zero-order chi connectivity index (χ0) is 26.5. The molecule has 8 nitrogen and oxygen atoms in total. The van der Waals surface area contributed by atoms with E-state index in [9.17, 15) is 9.59 Å². The fourth-order valence-corrected chi connectivity index (χ4v) is 5.13. The van der Waals surface area contributed by atoms with Gasteiger partial charge in [-0.25, -0.2) is 10.6 Å². The molecule has 1 aliphatic carbocycles. The molecule has 0 radical (unpaired) electrons. The van der Waals surface area contributed by atoms with Gasteiger partial charge in [0.2, 0.25) is 5.91 Å². The molecule has 1 aromatic heterocycles. The van der Waals surface area contributed by atoms with Gasteiger partial charge in [-0.2, -0.15) is 0 Å². The van der Waals surface area contributed by atoms with Crippen molar-refractivity contribution >= 4 is 22.8 Å². The van der Waals surface area contributed by atoms with Crippen LogP contribution in [0.25, 0.3) is 10.9 Å². The van der Waals surface area contributed by atoms with Gasteiger partial charge in [0, 0.05) is 23.1 Å². The second kappa shape index (κ2) is 11.7. The number of benzene rings is 2. The summed E-state index contributed by atoms with van der Waals surface area (Å²) in [4.78, 5) is 24.7. The second-order valence-corrected chi connectivity index (χ2v) is 9.86. The Balaban J connectivity index is 1.77. The van der Waals surface area contributed by atoms with Gasteiger partial charge >= 0.3 is 5.97 Å². The summed E-state index contributed by atoms with van der Waals surface area (Å²) in [6.45, 7) is 7.13. The van der Waals surface area contributed by atoms with Crippen molar-refractivity contribution in [3.63, 3.8) is 0 Å². The molecule has 198 valence electrons. The Labute approximate surface area is 218 Å². The van der Waals surface area contributed by atoms with Gasteiger partial charge in [0.05, 0.1) is 19.6 Å². The number of esters is 1. The van der Waals surface area contributed by atoms with E-state index in [0.717, 1.165) is 59.2 Å². The highest BCUT2D eigenvalue weighted by Crippen LogP contribution is 2.41. The summed E-state index contributed by atoms with van der Waals surface area (Å²) in [6.07, 6.45) is 3.23. The van der Waals surface area contributed by atoms with Crippen LogP contribution in [0.2, 0.25) is 0 Å². The van der Waals surface area contributed by atoms with Gasteiger partial charge in [0.25, 0.3) is 0 Å². The molecule has 8 heteroatoms. The van der Waals surface area contributed by atoms with Crippen LogP contribution in [0, 0.1) is 0 Å². The highest BCUT2D eigenvalue weighted by Gasteiger charge is 2.32. The molecule has 2 aromatic carbocycles. The molecular formula is C29H37N3O5. The van der Waals surface area contributed by atoms with Crippen molar-refractivity contribution in [2.24, 2.45) is 5.84 Å². The van der Waals surface area contributed by atoms with Gasteiger partial charge in [-0.3, -0.25) is 10.2 Å². The number of ether oxygens (including phenoxy) is 3. The Morgan fingerprint density at radius 3 is 2.68 bits per heavy atom. The average Bonchev–Trinajstić information content (AvgIpc) is 3.22. The maximum Gasteiger partial charge on any atom is 0.344 e. The first kappa shape index (κ1) is 26.5. The lowest BCUT2D eigenvalue weighted by Gasteiger charge is -2.23. The van der Waals surface area contributed by atoms with E-state index in [1.54, 1.807) is 7.11 Å². The van der Waals surface area contributed by atoms with Crippen molar-refractivity contribution in [2.75, 3.05) is 20.3 Å². The highest BCUT2D eigenvalue weighted by atomic mass is 16.6. The first-order valence-electron chi connectivity index (χ1n) is 13.0. The van der Waals surface area contributed by atoms with Crippen molar-refractivity contribution in [3.8, 4) is 11.5 Å². The van der Waals surface area contributed by atoms with E-state index in [1.807, 2.05) is 25.1 Å². The molecule has 1 heterocycles. The summed E-state index contributed by atoms with van der Waals surface area (Å²) in [5.41, 5.74) is 7.82. The molecule has 0 saturated heterocycles. The topological polar surface area (TPSA) is 105 Å². The van der Waals surface area contributed by atoms with Crippen molar-refractivity contribution < 1.29 is 23.8 Å². The van der Waals surface area contributed by atoms with E-state index >= 15 is 0 Å². The third-order valence-corrected chi connectivity index (χ3v) is 6.95. The molecular weight excluding hydrogens is 470 g/mol. The van der Waals surface area contributed by atoms with E-state index in [4.69, 9.17) is 20.1 Å². The fraction of sp³-hybridized carbons (Fsp3) is 0.448. The maximum atomic E-state index is 12.8. The minimum atomic E-state index is -0.402. The number of rotatable bonds is 10. The number of hydrogen-bond donors (Lipinski definition) is 2. The minimum Gasteiger partial charge on any atom is -0.497 e. The number of nitrogens with zero attached hydrogens (tertiary/aromatic N) is 1. The minimum absolute atomic E-state index is 0.164. The molecule has 1 atom stereocenters. The van der Waals surface area contributed by atoms with Gasteiger partial charge in [0.15, 0.2) is 6.61 Å². The van der Waals surface area contributed by atoms with E-state index in [-0.39, 0.29) is 18.4 Å². The molecule has 0 spiro atoms. The lowest BCUT2D eigenvalue weighted by atomic mass is 9.84. The third-order valence-electron chi connectivity index (χ3n) is 6.95. The molecule has 0 aliphatic heterocycles. The zero-order valence-corrected chi connectivity index (χ0v) is 22.1. The van der Waals surface area contributed by atoms with Crippen LogP contribution in [-0.2, 0) is 27.3 Å². The molecule has 3 aromatic rings. The summed E-state index contributed by atoms with van der Waals surface area (Å²) in [7, 11) is 1.69. The second-order valence-electron chi connectivity index (χ2n) is 9.86. The summed E-state index contributed by atoms with van der Waals surface area (Å²) in [6, 6.07) is 12.1. The van der Waals surface area contributed by atoms with Crippen LogP contribution >= 0.6 is 0 Å². The number of methoxy groups -OCH3 is 1. The van der Waals surface area contributed by atoms with E-state index in [0.29, 0.717) is 24.8 Å². The Kier molecular flexibility index (Phi) is 8.38. The van der Waals surface area contributed by atoms with Crippen molar-refractivity contribution in [1.29, 1.82) is 0 Å². The molecule has 4 rings (SSSR count). The lowest BCUT2D eigenvalue weighted by Crippen LogP contribution is -2.36. The van der Waals surface area contributed by atoms with Crippen molar-refractivity contribution in [3.05, 3.63) is 58.8 Å². The summed E-state index contributed by atoms with van der Waals surface area (Å²) < 4.78 is 18.8. The molecule has 37 heavy (non-hydrogen) atoms. The standard InChI is InChI=1S/C29H37N3O5/c1-5-11-36-27(33)17-37-21-9-10-25-24(15-21)28-23(29(34)31-30)7-6-8-26(28)32(25)16-19-12-20(18(2)3)14-22(13-19)35-4/h9-10,12-15,18,23H,5-8,11,16-17,30H2,1-4H3,(H,31,34). The summed E-state index contributed by atoms with van der Waals surface area (Å²) in [5, 5.41) is 0.940. The lowest BCUT2D eigenvalue weighted by molar-refractivity contribution is -0.146. The highest BCUT2D eigenvalue weighted by molar-refractivity contribution is 5.94. The number of carbonyl (C=O) groups excluding carboxylic acids is 2. The van der Waals surface area contributed by atoms with Gasteiger partial charge in [-0.15, -0.1) is 0 Å². The molecule has 1 unspecified atom stereocenters. The van der Waals surface area contributed by atoms with Crippen LogP contribution in [0.3, 0.4) is 0 Å². The Hall–Kier alpha value is -3.52. The molecule has 0 fully saturated rings. The van der Waals surface area contributed by atoms with Crippen LogP contribution in [-0.4, -0.2) is 36.8 Å². The quantitative estimate of drug-likeness (QED) is 0.180. The van der Waals surface area contributed by atoms with Crippen LogP contribution < -0.4 is 20.7 Å². The number of amides is 1. The van der Waals surface area contributed by atoms with Crippen LogP contribution in [0.15, 0.2) is 36.4 Å². The number of aromatic nitrogens is 1. The normalized spacial score (nSPS) is 14.9. The van der Waals surface area contributed by atoms with E-state index in [2.05, 4.69) is 42.0 Å². The Morgan fingerprint density at radius 2 is 1.97 bits per heavy atom. The predicted octanol–water partition coefficient (Wildman–Crippen LogP) is 4.56. The largest absolute Gasteiger partial charge is 0.497 e. The molecule has 3 N–H and O–H groups in total. The number of hydrazine groups is 1. The molecule has 1 amide bonds. The van der Waals surface area contributed by atoms with Gasteiger partial charge < -0.3 is 18.8 Å². The van der Waals surface area contributed by atoms with Gasteiger partial charge in [-0.1, -0.05) is 26.8 Å². The zero-order valence-electron chi connectivity index (χ0n) is 22.1. The Bertz CT molecular complexity index is 1280. The summed E-state index contributed by atoms with van der Waals surface area (Å²) >= 11 is 0. The number of nitrogens with one attached hydrogen (secondary N) is 1. The number of fused-ring (bicyclic) bond motifs is 3. The van der Waals surface area contributed by atoms with E-state index in [1.165, 1.54) is 5.56 Å². The van der Waals surface area contributed by atoms with Crippen LogP contribution in [0.1, 0.15) is 74.3 Å². The number of nitrogens with two attached hydrogens (primary N) is 1. The smallest absolute Gasteiger partial charge is 0.344 e. The molecule has 0 saturated carbocycles.